The first-order valence-electron chi connectivity index (χ1n) is 6.01. The third kappa shape index (κ3) is 4.18. The summed E-state index contributed by atoms with van der Waals surface area (Å²) < 4.78 is 31.6. The summed E-state index contributed by atoms with van der Waals surface area (Å²) >= 11 is 5.95. The van der Waals surface area contributed by atoms with Crippen LogP contribution in [0.3, 0.4) is 0 Å². The van der Waals surface area contributed by atoms with Crippen LogP contribution in [-0.4, -0.2) is 27.3 Å². The topological polar surface area (TPSA) is 55.4 Å². The molecule has 0 saturated carbocycles. The molecule has 108 valence electrons. The summed E-state index contributed by atoms with van der Waals surface area (Å²) in [6.45, 7) is 5.24. The number of sulfonamides is 1. The molecule has 1 unspecified atom stereocenters. The molecule has 0 fully saturated rings. The average molecular weight is 306 g/mol. The number of rotatable bonds is 6. The lowest BCUT2D eigenvalue weighted by Crippen LogP contribution is -2.42. The van der Waals surface area contributed by atoms with Crippen LogP contribution in [0.2, 0.25) is 5.02 Å². The Morgan fingerprint density at radius 3 is 2.53 bits per heavy atom. The van der Waals surface area contributed by atoms with E-state index in [9.17, 15) is 8.42 Å². The Bertz CT molecular complexity index is 530. The summed E-state index contributed by atoms with van der Waals surface area (Å²) in [5.74, 6) is 0. The van der Waals surface area contributed by atoms with Crippen molar-refractivity contribution in [3.63, 3.8) is 0 Å². The van der Waals surface area contributed by atoms with E-state index in [1.807, 2.05) is 19.1 Å². The maximum absolute atomic E-state index is 11.8. The molecular formula is C13H20ClNO3S. The van der Waals surface area contributed by atoms with Gasteiger partial charge in [-0.3, -0.25) is 0 Å². The molecule has 1 rings (SSSR count). The molecule has 1 aromatic rings. The van der Waals surface area contributed by atoms with Gasteiger partial charge in [-0.2, -0.15) is 0 Å². The zero-order valence-corrected chi connectivity index (χ0v) is 13.2. The fraction of sp³-hybridized carbons (Fsp3) is 0.538. The van der Waals surface area contributed by atoms with Crippen LogP contribution < -0.4 is 4.72 Å². The lowest BCUT2D eigenvalue weighted by Gasteiger charge is -2.29. The van der Waals surface area contributed by atoms with Crippen molar-refractivity contribution in [3.05, 3.63) is 34.9 Å². The first kappa shape index (κ1) is 16.4. The van der Waals surface area contributed by atoms with Gasteiger partial charge in [0.05, 0.1) is 5.25 Å². The minimum absolute atomic E-state index is 0.157. The molecule has 6 heteroatoms. The summed E-state index contributed by atoms with van der Waals surface area (Å²) in [4.78, 5) is 0. The normalized spacial score (nSPS) is 15.5. The monoisotopic (exact) mass is 305 g/mol. The predicted molar refractivity (Wildman–Crippen MR) is 77.9 cm³/mol. The minimum atomic E-state index is -3.32. The Morgan fingerprint density at radius 2 is 2.05 bits per heavy atom. The second kappa shape index (κ2) is 6.22. The molecule has 0 bridgehead atoms. The van der Waals surface area contributed by atoms with E-state index in [0.717, 1.165) is 5.56 Å². The predicted octanol–water partition coefficient (Wildman–Crippen LogP) is 2.53. The molecule has 0 aliphatic heterocycles. The number of halogens is 1. The van der Waals surface area contributed by atoms with Gasteiger partial charge in [-0.05, 0) is 38.5 Å². The number of ether oxygens (including phenoxy) is 1. The lowest BCUT2D eigenvalue weighted by molar-refractivity contribution is 0.00696. The summed E-state index contributed by atoms with van der Waals surface area (Å²) in [5.41, 5.74) is 0.0707. The third-order valence-electron chi connectivity index (χ3n) is 3.12. The van der Waals surface area contributed by atoms with E-state index in [0.29, 0.717) is 5.02 Å². The SMILES string of the molecule is COC(C)(CNS(=O)(=O)C(C)C)c1cccc(Cl)c1. The van der Waals surface area contributed by atoms with Crippen LogP contribution in [0.1, 0.15) is 26.3 Å². The second-order valence-corrected chi connectivity index (χ2v) is 7.62. The summed E-state index contributed by atoms with van der Waals surface area (Å²) in [5, 5.41) is 0.112. The van der Waals surface area contributed by atoms with E-state index in [1.165, 1.54) is 0 Å². The highest BCUT2D eigenvalue weighted by Crippen LogP contribution is 2.26. The molecule has 0 aliphatic rings. The molecule has 0 radical (unpaired) electrons. The van der Waals surface area contributed by atoms with Gasteiger partial charge >= 0.3 is 0 Å². The van der Waals surface area contributed by atoms with Crippen molar-refractivity contribution in [1.29, 1.82) is 0 Å². The highest BCUT2D eigenvalue weighted by Gasteiger charge is 2.29. The molecule has 1 N–H and O–H groups in total. The number of hydrogen-bond acceptors (Lipinski definition) is 3. The standard InChI is InChI=1S/C13H20ClNO3S/c1-10(2)19(16,17)15-9-13(3,18-4)11-6-5-7-12(14)8-11/h5-8,10,15H,9H2,1-4H3. The van der Waals surface area contributed by atoms with Crippen LogP contribution in [0, 0.1) is 0 Å². The molecule has 0 saturated heterocycles. The fourth-order valence-electron chi connectivity index (χ4n) is 1.51. The smallest absolute Gasteiger partial charge is 0.214 e. The fourth-order valence-corrected chi connectivity index (χ4v) is 2.51. The highest BCUT2D eigenvalue weighted by molar-refractivity contribution is 7.90. The third-order valence-corrected chi connectivity index (χ3v) is 5.14. The van der Waals surface area contributed by atoms with Crippen molar-refractivity contribution >= 4 is 21.6 Å². The van der Waals surface area contributed by atoms with Crippen LogP contribution in [-0.2, 0) is 20.4 Å². The highest BCUT2D eigenvalue weighted by atomic mass is 35.5. The van der Waals surface area contributed by atoms with Crippen molar-refractivity contribution < 1.29 is 13.2 Å². The first-order valence-corrected chi connectivity index (χ1v) is 7.93. The van der Waals surface area contributed by atoms with Crippen molar-refractivity contribution in [2.45, 2.75) is 31.6 Å². The first-order chi connectivity index (χ1) is 8.71. The van der Waals surface area contributed by atoms with Crippen LogP contribution in [0.5, 0.6) is 0 Å². The summed E-state index contributed by atoms with van der Waals surface area (Å²) in [7, 11) is -1.78. The molecule has 0 aliphatic carbocycles. The second-order valence-electron chi connectivity index (χ2n) is 4.86. The van der Waals surface area contributed by atoms with Crippen molar-refractivity contribution in [2.75, 3.05) is 13.7 Å². The summed E-state index contributed by atoms with van der Waals surface area (Å²) in [6.07, 6.45) is 0. The van der Waals surface area contributed by atoms with E-state index in [4.69, 9.17) is 16.3 Å². The molecule has 0 heterocycles. The molecule has 1 aromatic carbocycles. The van der Waals surface area contributed by atoms with Crippen LogP contribution >= 0.6 is 11.6 Å². The maximum atomic E-state index is 11.8. The Balaban J connectivity index is 2.94. The average Bonchev–Trinajstić information content (AvgIpc) is 2.36. The number of nitrogens with one attached hydrogen (secondary N) is 1. The number of hydrogen-bond donors (Lipinski definition) is 1. The van der Waals surface area contributed by atoms with Crippen LogP contribution in [0.4, 0.5) is 0 Å². The van der Waals surface area contributed by atoms with Gasteiger partial charge in [0.2, 0.25) is 10.0 Å². The van der Waals surface area contributed by atoms with Gasteiger partial charge in [-0.25, -0.2) is 13.1 Å². The number of benzene rings is 1. The maximum Gasteiger partial charge on any atom is 0.214 e. The van der Waals surface area contributed by atoms with Gasteiger partial charge in [0, 0.05) is 18.7 Å². The molecule has 4 nitrogen and oxygen atoms in total. The Morgan fingerprint density at radius 1 is 1.42 bits per heavy atom. The van der Waals surface area contributed by atoms with Gasteiger partial charge < -0.3 is 4.74 Å². The Kier molecular flexibility index (Phi) is 5.38. The molecule has 19 heavy (non-hydrogen) atoms. The van der Waals surface area contributed by atoms with Gasteiger partial charge in [0.15, 0.2) is 0 Å². The van der Waals surface area contributed by atoms with Crippen molar-refractivity contribution in [1.82, 2.24) is 4.72 Å². The van der Waals surface area contributed by atoms with Gasteiger partial charge in [-0.1, -0.05) is 23.7 Å². The van der Waals surface area contributed by atoms with Crippen molar-refractivity contribution in [2.24, 2.45) is 0 Å². The van der Waals surface area contributed by atoms with E-state index in [1.54, 1.807) is 33.1 Å². The Labute approximate surface area is 120 Å². The summed E-state index contributed by atoms with van der Waals surface area (Å²) in [6, 6.07) is 7.21. The quantitative estimate of drug-likeness (QED) is 0.878. The molecule has 0 spiro atoms. The van der Waals surface area contributed by atoms with E-state index in [-0.39, 0.29) is 6.54 Å². The van der Waals surface area contributed by atoms with Crippen LogP contribution in [0.25, 0.3) is 0 Å². The zero-order chi connectivity index (χ0) is 14.7. The largest absolute Gasteiger partial charge is 0.372 e. The lowest BCUT2D eigenvalue weighted by atomic mass is 9.96. The molecule has 0 aromatic heterocycles. The molecular weight excluding hydrogens is 286 g/mol. The zero-order valence-electron chi connectivity index (χ0n) is 11.6. The Hall–Kier alpha value is -0.620. The number of methoxy groups -OCH3 is 1. The molecule has 0 amide bonds. The van der Waals surface area contributed by atoms with E-state index < -0.39 is 20.9 Å². The van der Waals surface area contributed by atoms with E-state index in [2.05, 4.69) is 4.72 Å². The van der Waals surface area contributed by atoms with Gasteiger partial charge in [0.1, 0.15) is 5.60 Å². The van der Waals surface area contributed by atoms with Gasteiger partial charge in [0.25, 0.3) is 0 Å². The minimum Gasteiger partial charge on any atom is -0.372 e. The molecule has 1 atom stereocenters. The van der Waals surface area contributed by atoms with Gasteiger partial charge in [-0.15, -0.1) is 0 Å². The van der Waals surface area contributed by atoms with E-state index >= 15 is 0 Å². The van der Waals surface area contributed by atoms with Crippen molar-refractivity contribution in [3.8, 4) is 0 Å². The van der Waals surface area contributed by atoms with Crippen LogP contribution in [0.15, 0.2) is 24.3 Å².